The zero-order valence-electron chi connectivity index (χ0n) is 9.61. The molecule has 2 aromatic carbocycles. The van der Waals surface area contributed by atoms with Crippen molar-refractivity contribution in [3.05, 3.63) is 58.1 Å². The molecule has 2 N–H and O–H groups in total. The lowest BCUT2D eigenvalue weighted by molar-refractivity contribution is 0.306. The molecule has 0 saturated heterocycles. The van der Waals surface area contributed by atoms with Gasteiger partial charge < -0.3 is 10.5 Å². The van der Waals surface area contributed by atoms with Crippen molar-refractivity contribution in [3.63, 3.8) is 0 Å². The maximum Gasteiger partial charge on any atom is 0.122 e. The third-order valence-corrected chi connectivity index (χ3v) is 2.84. The highest BCUT2D eigenvalue weighted by Crippen LogP contribution is 2.23. The van der Waals surface area contributed by atoms with Crippen molar-refractivity contribution in [1.29, 1.82) is 0 Å². The molecule has 2 aromatic rings. The molecule has 0 heterocycles. The summed E-state index contributed by atoms with van der Waals surface area (Å²) in [7, 11) is 0. The van der Waals surface area contributed by atoms with Gasteiger partial charge in [-0.1, -0.05) is 45.8 Å². The van der Waals surface area contributed by atoms with Crippen LogP contribution in [0.4, 0.5) is 5.69 Å². The molecule has 3 heteroatoms. The van der Waals surface area contributed by atoms with E-state index in [-0.39, 0.29) is 0 Å². The summed E-state index contributed by atoms with van der Waals surface area (Å²) in [6.45, 7) is 2.62. The third-order valence-electron chi connectivity index (χ3n) is 2.38. The van der Waals surface area contributed by atoms with Crippen molar-refractivity contribution in [2.45, 2.75) is 13.5 Å². The SMILES string of the molecule is Cc1cccc(COc2cc(N)cc(Br)c2)c1. The minimum atomic E-state index is 0.553. The molecular weight excluding hydrogens is 278 g/mol. The summed E-state index contributed by atoms with van der Waals surface area (Å²) in [5.41, 5.74) is 8.83. The lowest BCUT2D eigenvalue weighted by Crippen LogP contribution is -1.96. The van der Waals surface area contributed by atoms with Crippen molar-refractivity contribution in [2.75, 3.05) is 5.73 Å². The van der Waals surface area contributed by atoms with E-state index in [2.05, 4.69) is 35.0 Å². The van der Waals surface area contributed by atoms with Crippen molar-refractivity contribution in [2.24, 2.45) is 0 Å². The van der Waals surface area contributed by atoms with Crippen LogP contribution in [0, 0.1) is 6.92 Å². The average Bonchev–Trinajstić information content (AvgIpc) is 2.25. The minimum absolute atomic E-state index is 0.553. The number of nitrogen functional groups attached to an aromatic ring is 1. The highest BCUT2D eigenvalue weighted by molar-refractivity contribution is 9.10. The van der Waals surface area contributed by atoms with Crippen LogP contribution in [0.5, 0.6) is 5.75 Å². The molecule has 2 rings (SSSR count). The van der Waals surface area contributed by atoms with Crippen LogP contribution in [0.1, 0.15) is 11.1 Å². The Kier molecular flexibility index (Phi) is 3.69. The Bertz CT molecular complexity index is 505. The number of halogens is 1. The van der Waals surface area contributed by atoms with E-state index in [1.807, 2.05) is 30.3 Å². The van der Waals surface area contributed by atoms with Crippen LogP contribution in [0.2, 0.25) is 0 Å². The average molecular weight is 292 g/mol. The Balaban J connectivity index is 2.07. The second-order valence-corrected chi connectivity index (χ2v) is 4.91. The van der Waals surface area contributed by atoms with Crippen LogP contribution >= 0.6 is 15.9 Å². The standard InChI is InChI=1S/C14H14BrNO/c1-10-3-2-4-11(5-10)9-17-14-7-12(15)6-13(16)8-14/h2-8H,9,16H2,1H3. The molecule has 0 aliphatic rings. The second-order valence-electron chi connectivity index (χ2n) is 4.00. The fourth-order valence-electron chi connectivity index (χ4n) is 1.64. The van der Waals surface area contributed by atoms with Crippen molar-refractivity contribution < 1.29 is 4.74 Å². The summed E-state index contributed by atoms with van der Waals surface area (Å²) in [6, 6.07) is 13.8. The highest BCUT2D eigenvalue weighted by atomic mass is 79.9. The van der Waals surface area contributed by atoms with Gasteiger partial charge in [0.25, 0.3) is 0 Å². The van der Waals surface area contributed by atoms with Crippen LogP contribution < -0.4 is 10.5 Å². The van der Waals surface area contributed by atoms with E-state index in [9.17, 15) is 0 Å². The number of hydrogen-bond acceptors (Lipinski definition) is 2. The number of rotatable bonds is 3. The van der Waals surface area contributed by atoms with Gasteiger partial charge in [-0.25, -0.2) is 0 Å². The predicted octanol–water partition coefficient (Wildman–Crippen LogP) is 3.92. The van der Waals surface area contributed by atoms with E-state index < -0.39 is 0 Å². The van der Waals surface area contributed by atoms with Gasteiger partial charge in [0.15, 0.2) is 0 Å². The molecule has 2 nitrogen and oxygen atoms in total. The Morgan fingerprint density at radius 2 is 2.00 bits per heavy atom. The van der Waals surface area contributed by atoms with Crippen LogP contribution in [-0.4, -0.2) is 0 Å². The van der Waals surface area contributed by atoms with E-state index in [1.54, 1.807) is 0 Å². The first-order valence-corrected chi connectivity index (χ1v) is 6.17. The number of anilines is 1. The smallest absolute Gasteiger partial charge is 0.122 e. The van der Waals surface area contributed by atoms with E-state index in [1.165, 1.54) is 5.56 Å². The molecule has 0 aromatic heterocycles. The number of aryl methyl sites for hydroxylation is 1. The molecule has 0 unspecified atom stereocenters. The van der Waals surface area contributed by atoms with Gasteiger partial charge in [0.05, 0.1) is 0 Å². The second kappa shape index (κ2) is 5.23. The van der Waals surface area contributed by atoms with Gasteiger partial charge in [-0.15, -0.1) is 0 Å². The summed E-state index contributed by atoms with van der Waals surface area (Å²) >= 11 is 3.39. The Morgan fingerprint density at radius 3 is 2.71 bits per heavy atom. The van der Waals surface area contributed by atoms with E-state index >= 15 is 0 Å². The molecule has 0 bridgehead atoms. The lowest BCUT2D eigenvalue weighted by atomic mass is 10.1. The summed E-state index contributed by atoms with van der Waals surface area (Å²) in [4.78, 5) is 0. The molecule has 0 aliphatic carbocycles. The molecule has 0 atom stereocenters. The first-order valence-electron chi connectivity index (χ1n) is 5.38. The number of benzene rings is 2. The first kappa shape index (κ1) is 12.0. The fraction of sp³-hybridized carbons (Fsp3) is 0.143. The number of ether oxygens (including phenoxy) is 1. The number of hydrogen-bond donors (Lipinski definition) is 1. The van der Waals surface area contributed by atoms with Gasteiger partial charge in [-0.05, 0) is 24.6 Å². The van der Waals surface area contributed by atoms with Gasteiger partial charge in [-0.3, -0.25) is 0 Å². The minimum Gasteiger partial charge on any atom is -0.489 e. The largest absolute Gasteiger partial charge is 0.489 e. The van der Waals surface area contributed by atoms with Crippen molar-refractivity contribution >= 4 is 21.6 Å². The Labute approximate surface area is 110 Å². The highest BCUT2D eigenvalue weighted by Gasteiger charge is 1.99. The monoisotopic (exact) mass is 291 g/mol. The van der Waals surface area contributed by atoms with Gasteiger partial charge in [0, 0.05) is 16.2 Å². The maximum absolute atomic E-state index is 5.74. The van der Waals surface area contributed by atoms with Gasteiger partial charge in [0.2, 0.25) is 0 Å². The van der Waals surface area contributed by atoms with Gasteiger partial charge >= 0.3 is 0 Å². The maximum atomic E-state index is 5.74. The van der Waals surface area contributed by atoms with Crippen LogP contribution in [0.25, 0.3) is 0 Å². The van der Waals surface area contributed by atoms with E-state index in [0.29, 0.717) is 12.3 Å². The van der Waals surface area contributed by atoms with E-state index in [4.69, 9.17) is 10.5 Å². The molecule has 88 valence electrons. The number of nitrogens with two attached hydrogens (primary N) is 1. The normalized spacial score (nSPS) is 10.2. The molecule has 0 saturated carbocycles. The summed E-state index contributed by atoms with van der Waals surface area (Å²) < 4.78 is 6.63. The van der Waals surface area contributed by atoms with E-state index in [0.717, 1.165) is 15.8 Å². The molecule has 17 heavy (non-hydrogen) atoms. The topological polar surface area (TPSA) is 35.2 Å². The molecular formula is C14H14BrNO. The molecule has 0 spiro atoms. The van der Waals surface area contributed by atoms with Crippen LogP contribution in [0.15, 0.2) is 46.9 Å². The Hall–Kier alpha value is -1.48. The summed E-state index contributed by atoms with van der Waals surface area (Å²) in [6.07, 6.45) is 0. The summed E-state index contributed by atoms with van der Waals surface area (Å²) in [5, 5.41) is 0. The fourth-order valence-corrected chi connectivity index (χ4v) is 2.13. The molecule has 0 amide bonds. The Morgan fingerprint density at radius 1 is 1.18 bits per heavy atom. The zero-order chi connectivity index (χ0) is 12.3. The molecule has 0 aliphatic heterocycles. The zero-order valence-corrected chi connectivity index (χ0v) is 11.2. The van der Waals surface area contributed by atoms with Crippen LogP contribution in [-0.2, 0) is 6.61 Å². The van der Waals surface area contributed by atoms with Crippen molar-refractivity contribution in [1.82, 2.24) is 0 Å². The lowest BCUT2D eigenvalue weighted by Gasteiger charge is -2.08. The van der Waals surface area contributed by atoms with Crippen molar-refractivity contribution in [3.8, 4) is 5.75 Å². The molecule has 0 radical (unpaired) electrons. The summed E-state index contributed by atoms with van der Waals surface area (Å²) in [5.74, 6) is 0.776. The molecule has 0 fully saturated rings. The predicted molar refractivity (Wildman–Crippen MR) is 74.1 cm³/mol. The van der Waals surface area contributed by atoms with Gasteiger partial charge in [0.1, 0.15) is 12.4 Å². The van der Waals surface area contributed by atoms with Gasteiger partial charge in [-0.2, -0.15) is 0 Å². The third kappa shape index (κ3) is 3.49. The van der Waals surface area contributed by atoms with Crippen LogP contribution in [0.3, 0.4) is 0 Å². The first-order chi connectivity index (χ1) is 8.13. The quantitative estimate of drug-likeness (QED) is 0.870.